The van der Waals surface area contributed by atoms with Gasteiger partial charge in [0.2, 0.25) is 0 Å². The molecule has 0 amide bonds. The SMILES string of the molecule is Cc1cc(C)c(COc2ccc(Cl)cc2[C@@H](C)O)c(C)c1. The van der Waals surface area contributed by atoms with E-state index in [2.05, 4.69) is 32.9 Å². The number of halogens is 1. The molecule has 2 aromatic carbocycles. The van der Waals surface area contributed by atoms with Gasteiger partial charge in [0, 0.05) is 10.6 Å². The molecule has 0 aliphatic heterocycles. The van der Waals surface area contributed by atoms with Crippen molar-refractivity contribution in [3.8, 4) is 5.75 Å². The molecule has 0 radical (unpaired) electrons. The lowest BCUT2D eigenvalue weighted by Crippen LogP contribution is -2.04. The van der Waals surface area contributed by atoms with Crippen LogP contribution < -0.4 is 4.74 Å². The van der Waals surface area contributed by atoms with Crippen LogP contribution in [0.4, 0.5) is 0 Å². The second kappa shape index (κ2) is 6.50. The van der Waals surface area contributed by atoms with Gasteiger partial charge in [-0.2, -0.15) is 0 Å². The Morgan fingerprint density at radius 3 is 2.29 bits per heavy atom. The van der Waals surface area contributed by atoms with Gasteiger partial charge >= 0.3 is 0 Å². The minimum Gasteiger partial charge on any atom is -0.489 e. The summed E-state index contributed by atoms with van der Waals surface area (Å²) in [4.78, 5) is 0. The summed E-state index contributed by atoms with van der Waals surface area (Å²) in [5.41, 5.74) is 5.60. The summed E-state index contributed by atoms with van der Waals surface area (Å²) in [6.45, 7) is 8.47. The monoisotopic (exact) mass is 304 g/mol. The lowest BCUT2D eigenvalue weighted by atomic mass is 10.0. The maximum atomic E-state index is 9.83. The van der Waals surface area contributed by atoms with Gasteiger partial charge in [0.15, 0.2) is 0 Å². The Hall–Kier alpha value is -1.51. The van der Waals surface area contributed by atoms with Crippen LogP contribution in [0.5, 0.6) is 5.75 Å². The molecule has 0 bridgehead atoms. The van der Waals surface area contributed by atoms with Gasteiger partial charge in [-0.15, -0.1) is 0 Å². The van der Waals surface area contributed by atoms with Crippen LogP contribution in [0.25, 0.3) is 0 Å². The van der Waals surface area contributed by atoms with Gasteiger partial charge in [0.1, 0.15) is 12.4 Å². The molecule has 0 heterocycles. The highest BCUT2D eigenvalue weighted by molar-refractivity contribution is 6.30. The Labute approximate surface area is 131 Å². The second-order valence-electron chi connectivity index (χ2n) is 5.52. The number of ether oxygens (including phenoxy) is 1. The van der Waals surface area contributed by atoms with Crippen LogP contribution in [0.3, 0.4) is 0 Å². The number of aliphatic hydroxyl groups is 1. The Bertz CT molecular complexity index is 625. The quantitative estimate of drug-likeness (QED) is 0.870. The summed E-state index contributed by atoms with van der Waals surface area (Å²) < 4.78 is 5.92. The smallest absolute Gasteiger partial charge is 0.125 e. The Kier molecular flexibility index (Phi) is 4.92. The Balaban J connectivity index is 2.25. The van der Waals surface area contributed by atoms with Crippen molar-refractivity contribution in [2.45, 2.75) is 40.4 Å². The molecule has 2 rings (SSSR count). The van der Waals surface area contributed by atoms with Crippen molar-refractivity contribution in [2.75, 3.05) is 0 Å². The van der Waals surface area contributed by atoms with Crippen molar-refractivity contribution in [1.82, 2.24) is 0 Å². The first kappa shape index (κ1) is 15.9. The van der Waals surface area contributed by atoms with Crippen LogP contribution in [0.2, 0.25) is 5.02 Å². The number of rotatable bonds is 4. The zero-order chi connectivity index (χ0) is 15.6. The van der Waals surface area contributed by atoms with E-state index in [1.165, 1.54) is 22.3 Å². The number of hydrogen-bond acceptors (Lipinski definition) is 2. The molecule has 1 N–H and O–H groups in total. The van der Waals surface area contributed by atoms with Crippen molar-refractivity contribution in [3.63, 3.8) is 0 Å². The van der Waals surface area contributed by atoms with E-state index in [1.807, 2.05) is 6.07 Å². The maximum absolute atomic E-state index is 9.83. The largest absolute Gasteiger partial charge is 0.489 e. The van der Waals surface area contributed by atoms with Crippen molar-refractivity contribution < 1.29 is 9.84 Å². The third-order valence-electron chi connectivity index (χ3n) is 3.63. The summed E-state index contributed by atoms with van der Waals surface area (Å²) in [7, 11) is 0. The van der Waals surface area contributed by atoms with E-state index in [0.29, 0.717) is 22.9 Å². The molecular weight excluding hydrogens is 284 g/mol. The predicted octanol–water partition coefficient (Wildman–Crippen LogP) is 4.90. The first-order chi connectivity index (χ1) is 9.88. The van der Waals surface area contributed by atoms with Gasteiger partial charge in [0.05, 0.1) is 6.10 Å². The summed E-state index contributed by atoms with van der Waals surface area (Å²) in [5, 5.41) is 10.4. The predicted molar refractivity (Wildman–Crippen MR) is 87.1 cm³/mol. The van der Waals surface area contributed by atoms with Crippen LogP contribution in [-0.2, 0) is 6.61 Å². The van der Waals surface area contributed by atoms with Gasteiger partial charge in [-0.1, -0.05) is 29.3 Å². The third-order valence-corrected chi connectivity index (χ3v) is 3.87. The van der Waals surface area contributed by atoms with E-state index in [9.17, 15) is 5.11 Å². The van der Waals surface area contributed by atoms with E-state index >= 15 is 0 Å². The van der Waals surface area contributed by atoms with Crippen molar-refractivity contribution >= 4 is 11.6 Å². The van der Waals surface area contributed by atoms with Gasteiger partial charge in [-0.05, 0) is 62.6 Å². The lowest BCUT2D eigenvalue weighted by Gasteiger charge is -2.16. The highest BCUT2D eigenvalue weighted by Gasteiger charge is 2.11. The fourth-order valence-electron chi connectivity index (χ4n) is 2.56. The molecule has 2 aromatic rings. The Morgan fingerprint density at radius 1 is 1.10 bits per heavy atom. The fourth-order valence-corrected chi connectivity index (χ4v) is 2.75. The summed E-state index contributed by atoms with van der Waals surface area (Å²) >= 11 is 5.98. The zero-order valence-electron chi connectivity index (χ0n) is 12.9. The molecule has 0 aliphatic carbocycles. The first-order valence-electron chi connectivity index (χ1n) is 7.05. The lowest BCUT2D eigenvalue weighted by molar-refractivity contribution is 0.190. The summed E-state index contributed by atoms with van der Waals surface area (Å²) in [6.07, 6.45) is -0.612. The van der Waals surface area contributed by atoms with Crippen molar-refractivity contribution in [3.05, 3.63) is 63.2 Å². The van der Waals surface area contributed by atoms with E-state index < -0.39 is 6.10 Å². The van der Waals surface area contributed by atoms with Gasteiger partial charge < -0.3 is 9.84 Å². The summed E-state index contributed by atoms with van der Waals surface area (Å²) in [6, 6.07) is 9.64. The highest BCUT2D eigenvalue weighted by Crippen LogP contribution is 2.29. The van der Waals surface area contributed by atoms with Crippen molar-refractivity contribution in [1.29, 1.82) is 0 Å². The average Bonchev–Trinajstić information content (AvgIpc) is 2.38. The molecule has 0 aliphatic rings. The molecule has 21 heavy (non-hydrogen) atoms. The van der Waals surface area contributed by atoms with E-state index in [-0.39, 0.29) is 0 Å². The summed E-state index contributed by atoms with van der Waals surface area (Å²) in [5.74, 6) is 0.675. The topological polar surface area (TPSA) is 29.5 Å². The first-order valence-corrected chi connectivity index (χ1v) is 7.43. The van der Waals surface area contributed by atoms with Crippen LogP contribution in [0.1, 0.15) is 40.8 Å². The van der Waals surface area contributed by atoms with Gasteiger partial charge in [-0.3, -0.25) is 0 Å². The van der Waals surface area contributed by atoms with Crippen molar-refractivity contribution in [2.24, 2.45) is 0 Å². The number of benzene rings is 2. The minimum absolute atomic E-state index is 0.485. The molecule has 112 valence electrons. The number of hydrogen-bond donors (Lipinski definition) is 1. The second-order valence-corrected chi connectivity index (χ2v) is 5.96. The van der Waals surface area contributed by atoms with E-state index in [1.54, 1.807) is 19.1 Å². The standard InChI is InChI=1S/C18H21ClO2/c1-11-7-12(2)17(13(3)8-11)10-21-18-6-5-15(19)9-16(18)14(4)20/h5-9,14,20H,10H2,1-4H3/t14-/m1/s1. The molecule has 0 unspecified atom stereocenters. The fraction of sp³-hybridized carbons (Fsp3) is 0.333. The molecule has 3 heteroatoms. The van der Waals surface area contributed by atoms with Crippen LogP contribution in [0, 0.1) is 20.8 Å². The maximum Gasteiger partial charge on any atom is 0.125 e. The van der Waals surface area contributed by atoms with Crippen LogP contribution in [-0.4, -0.2) is 5.11 Å². The molecular formula is C18H21ClO2. The molecule has 2 nitrogen and oxygen atoms in total. The highest BCUT2D eigenvalue weighted by atomic mass is 35.5. The van der Waals surface area contributed by atoms with Gasteiger partial charge in [0.25, 0.3) is 0 Å². The van der Waals surface area contributed by atoms with Crippen LogP contribution in [0.15, 0.2) is 30.3 Å². The number of aliphatic hydroxyl groups excluding tert-OH is 1. The third kappa shape index (κ3) is 3.78. The minimum atomic E-state index is -0.612. The molecule has 1 atom stereocenters. The molecule has 0 fully saturated rings. The van der Waals surface area contributed by atoms with Gasteiger partial charge in [-0.25, -0.2) is 0 Å². The Morgan fingerprint density at radius 2 is 1.71 bits per heavy atom. The normalized spacial score (nSPS) is 12.3. The van der Waals surface area contributed by atoms with E-state index in [0.717, 1.165) is 0 Å². The van der Waals surface area contributed by atoms with E-state index in [4.69, 9.17) is 16.3 Å². The number of aryl methyl sites for hydroxylation is 3. The molecule has 0 saturated heterocycles. The zero-order valence-corrected chi connectivity index (χ0v) is 13.7. The molecule has 0 saturated carbocycles. The van der Waals surface area contributed by atoms with Crippen LogP contribution >= 0.6 is 11.6 Å². The average molecular weight is 305 g/mol. The molecule has 0 aromatic heterocycles. The molecule has 0 spiro atoms.